The maximum Gasteiger partial charge on any atom is 0.408 e. The smallest absolute Gasteiger partial charge is 0.408 e. The van der Waals surface area contributed by atoms with Crippen molar-refractivity contribution in [1.82, 2.24) is 10.3 Å². The quantitative estimate of drug-likeness (QED) is 0.827. The highest BCUT2D eigenvalue weighted by Crippen LogP contribution is 2.49. The number of alkyl carbamates (subject to hydrolysis) is 1. The summed E-state index contributed by atoms with van der Waals surface area (Å²) in [7, 11) is 0. The number of carbonyl (C=O) groups is 1. The highest BCUT2D eigenvalue weighted by atomic mass is 16.5. The molecule has 2 aliphatic rings. The summed E-state index contributed by atoms with van der Waals surface area (Å²) in [5.74, 6) is 0.454. The molecule has 0 aliphatic heterocycles. The van der Waals surface area contributed by atoms with Gasteiger partial charge in [-0.25, -0.2) is 4.79 Å². The van der Waals surface area contributed by atoms with Gasteiger partial charge in [-0.2, -0.15) is 0 Å². The van der Waals surface area contributed by atoms with Gasteiger partial charge in [0.05, 0.1) is 12.1 Å². The zero-order valence-electron chi connectivity index (χ0n) is 15.3. The highest BCUT2D eigenvalue weighted by molar-refractivity contribution is 5.71. The Balaban J connectivity index is 2.07. The minimum atomic E-state index is -0.649. The first kappa shape index (κ1) is 17.5. The molecule has 5 heteroatoms. The summed E-state index contributed by atoms with van der Waals surface area (Å²) < 4.78 is 5.39. The predicted octanol–water partition coefficient (Wildman–Crippen LogP) is 3.42. The lowest BCUT2D eigenvalue weighted by Crippen LogP contribution is -2.54. The van der Waals surface area contributed by atoms with Gasteiger partial charge in [0.25, 0.3) is 0 Å². The van der Waals surface area contributed by atoms with E-state index in [2.05, 4.69) is 29.4 Å². The molecular weight excluding hydrogens is 316 g/mol. The fourth-order valence-electron chi connectivity index (χ4n) is 4.14. The number of amides is 1. The fraction of sp³-hybridized carbons (Fsp3) is 0.500. The normalized spacial score (nSPS) is 26.2. The molecule has 2 atom stereocenters. The van der Waals surface area contributed by atoms with Gasteiger partial charge in [-0.3, -0.25) is 4.79 Å². The molecule has 3 rings (SSSR count). The summed E-state index contributed by atoms with van der Waals surface area (Å²) in [6.45, 7) is 8.49. The number of hydrogen-bond acceptors (Lipinski definition) is 3. The van der Waals surface area contributed by atoms with E-state index < -0.39 is 11.6 Å². The summed E-state index contributed by atoms with van der Waals surface area (Å²) in [4.78, 5) is 27.2. The van der Waals surface area contributed by atoms with Gasteiger partial charge in [-0.15, -0.1) is 0 Å². The van der Waals surface area contributed by atoms with Crippen molar-refractivity contribution in [2.75, 3.05) is 6.61 Å². The molecule has 0 fully saturated rings. The van der Waals surface area contributed by atoms with Crippen LogP contribution in [-0.2, 0) is 16.7 Å². The van der Waals surface area contributed by atoms with E-state index in [0.29, 0.717) is 13.0 Å². The van der Waals surface area contributed by atoms with E-state index >= 15 is 0 Å². The first-order valence-corrected chi connectivity index (χ1v) is 8.87. The van der Waals surface area contributed by atoms with Crippen LogP contribution in [0.1, 0.15) is 45.4 Å². The Morgan fingerprint density at radius 2 is 2.24 bits per heavy atom. The van der Waals surface area contributed by atoms with E-state index in [1.807, 2.05) is 26.8 Å². The number of fused-ring (bicyclic) bond motifs is 4. The molecule has 25 heavy (non-hydrogen) atoms. The topological polar surface area (TPSA) is 71.2 Å². The maximum absolute atomic E-state index is 12.5. The third-order valence-corrected chi connectivity index (χ3v) is 4.98. The van der Waals surface area contributed by atoms with E-state index in [-0.39, 0.29) is 17.4 Å². The standard InChI is InChI=1S/C20H26N2O3/c1-5-15-14-8-13(4)10-20(15,22-19(24)25-11-12(2)3)16-6-7-18(23)21-17(16)9-14/h5-8,12,14H,9-11H2,1-4H3,(H,21,23)(H,22,24)/b15-5+/t14?,20-/m0/s1. The molecule has 0 saturated heterocycles. The summed E-state index contributed by atoms with van der Waals surface area (Å²) in [5.41, 5.74) is 3.50. The molecule has 2 aliphatic carbocycles. The first-order valence-electron chi connectivity index (χ1n) is 8.87. The molecule has 2 N–H and O–H groups in total. The van der Waals surface area contributed by atoms with Crippen LogP contribution in [0.15, 0.2) is 40.2 Å². The van der Waals surface area contributed by atoms with Crippen molar-refractivity contribution < 1.29 is 9.53 Å². The van der Waals surface area contributed by atoms with Gasteiger partial charge in [-0.1, -0.05) is 31.6 Å². The van der Waals surface area contributed by atoms with Crippen molar-refractivity contribution >= 4 is 6.09 Å². The van der Waals surface area contributed by atoms with Crippen LogP contribution in [0.3, 0.4) is 0 Å². The van der Waals surface area contributed by atoms with Crippen LogP contribution in [-0.4, -0.2) is 17.7 Å². The second kappa shape index (κ2) is 6.54. The molecule has 0 aromatic carbocycles. The number of aromatic nitrogens is 1. The van der Waals surface area contributed by atoms with Crippen LogP contribution < -0.4 is 10.9 Å². The van der Waals surface area contributed by atoms with Crippen molar-refractivity contribution in [1.29, 1.82) is 0 Å². The van der Waals surface area contributed by atoms with Gasteiger partial charge in [0.15, 0.2) is 0 Å². The number of nitrogens with one attached hydrogen (secondary N) is 2. The van der Waals surface area contributed by atoms with E-state index in [1.54, 1.807) is 0 Å². The summed E-state index contributed by atoms with van der Waals surface area (Å²) in [5, 5.41) is 3.13. The zero-order chi connectivity index (χ0) is 18.2. The van der Waals surface area contributed by atoms with Crippen molar-refractivity contribution in [3.05, 3.63) is 57.0 Å². The Kier molecular flexibility index (Phi) is 4.58. The van der Waals surface area contributed by atoms with Crippen LogP contribution in [0.5, 0.6) is 0 Å². The van der Waals surface area contributed by atoms with E-state index in [4.69, 9.17) is 4.74 Å². The Morgan fingerprint density at radius 3 is 2.92 bits per heavy atom. The Bertz CT molecular complexity index is 803. The van der Waals surface area contributed by atoms with Gasteiger partial charge >= 0.3 is 6.09 Å². The van der Waals surface area contributed by atoms with Gasteiger partial charge in [0, 0.05) is 23.2 Å². The van der Waals surface area contributed by atoms with Crippen LogP contribution in [0, 0.1) is 11.8 Å². The number of hydrogen-bond donors (Lipinski definition) is 2. The SMILES string of the molecule is C/C=C1\C2C=C(C)C[C@@]1(NC(=O)OCC(C)C)c1ccc(=O)[nH]c1C2. The van der Waals surface area contributed by atoms with Crippen LogP contribution in [0.2, 0.25) is 0 Å². The average Bonchev–Trinajstić information content (AvgIpc) is 2.51. The molecule has 5 nitrogen and oxygen atoms in total. The molecular formula is C20H26N2O3. The third-order valence-electron chi connectivity index (χ3n) is 4.98. The fourth-order valence-corrected chi connectivity index (χ4v) is 4.14. The largest absolute Gasteiger partial charge is 0.449 e. The number of H-pyrrole nitrogens is 1. The second-order valence-corrected chi connectivity index (χ2v) is 7.48. The number of ether oxygens (including phenoxy) is 1. The van der Waals surface area contributed by atoms with Gasteiger partial charge < -0.3 is 15.0 Å². The molecule has 1 amide bonds. The Labute approximate surface area is 148 Å². The number of pyridine rings is 1. The lowest BCUT2D eigenvalue weighted by Gasteiger charge is -2.47. The summed E-state index contributed by atoms with van der Waals surface area (Å²) >= 11 is 0. The Hall–Kier alpha value is -2.30. The van der Waals surface area contributed by atoms with Crippen LogP contribution in [0.25, 0.3) is 0 Å². The zero-order valence-corrected chi connectivity index (χ0v) is 15.3. The molecule has 0 spiro atoms. The van der Waals surface area contributed by atoms with Crippen molar-refractivity contribution in [3.8, 4) is 0 Å². The molecule has 1 aromatic rings. The molecule has 0 saturated carbocycles. The number of aromatic amines is 1. The van der Waals surface area contributed by atoms with E-state index in [9.17, 15) is 9.59 Å². The Morgan fingerprint density at radius 1 is 1.48 bits per heavy atom. The molecule has 1 unspecified atom stereocenters. The molecule has 1 aromatic heterocycles. The maximum atomic E-state index is 12.5. The summed E-state index contributed by atoms with van der Waals surface area (Å²) in [6, 6.07) is 3.37. The minimum absolute atomic E-state index is 0.112. The van der Waals surface area contributed by atoms with Crippen LogP contribution >= 0.6 is 0 Å². The molecule has 134 valence electrons. The second-order valence-electron chi connectivity index (χ2n) is 7.48. The van der Waals surface area contributed by atoms with Gasteiger partial charge in [-0.05, 0) is 44.2 Å². The van der Waals surface area contributed by atoms with Gasteiger partial charge in [0.2, 0.25) is 5.56 Å². The highest BCUT2D eigenvalue weighted by Gasteiger charge is 2.48. The van der Waals surface area contributed by atoms with E-state index in [0.717, 1.165) is 17.7 Å². The van der Waals surface area contributed by atoms with E-state index in [1.165, 1.54) is 17.2 Å². The van der Waals surface area contributed by atoms with Crippen molar-refractivity contribution in [3.63, 3.8) is 0 Å². The first-order chi connectivity index (χ1) is 11.9. The lowest BCUT2D eigenvalue weighted by molar-refractivity contribution is 0.121. The summed E-state index contributed by atoms with van der Waals surface area (Å²) in [6.07, 6.45) is 5.33. The van der Waals surface area contributed by atoms with Crippen molar-refractivity contribution in [2.45, 2.75) is 46.1 Å². The van der Waals surface area contributed by atoms with Crippen LogP contribution in [0.4, 0.5) is 4.79 Å². The third kappa shape index (κ3) is 3.15. The molecule has 0 radical (unpaired) electrons. The molecule has 1 heterocycles. The monoisotopic (exact) mass is 342 g/mol. The van der Waals surface area contributed by atoms with Gasteiger partial charge in [0.1, 0.15) is 0 Å². The number of rotatable bonds is 3. The minimum Gasteiger partial charge on any atom is -0.449 e. The number of allylic oxidation sites excluding steroid dienone is 2. The molecule has 2 bridgehead atoms. The average molecular weight is 342 g/mol. The lowest BCUT2D eigenvalue weighted by atomic mass is 9.63. The van der Waals surface area contributed by atoms with Crippen molar-refractivity contribution in [2.24, 2.45) is 11.8 Å². The predicted molar refractivity (Wildman–Crippen MR) is 97.4 cm³/mol. The number of carbonyl (C=O) groups excluding carboxylic acids is 1.